The molecule has 10 heteroatoms. The lowest BCUT2D eigenvalue weighted by Crippen LogP contribution is -2.25. The molecule has 3 rings (SSSR count). The third kappa shape index (κ3) is 5.38. The van der Waals surface area contributed by atoms with Gasteiger partial charge in [-0.2, -0.15) is 13.2 Å². The quantitative estimate of drug-likeness (QED) is 0.662. The molecule has 29 heavy (non-hydrogen) atoms. The number of Topliss-reactive ketones (excluding diaryl/α,β-unsaturated/α-hetero) is 1. The average Bonchev–Trinajstić information content (AvgIpc) is 3.18. The number of thiazole rings is 1. The molecule has 0 saturated heterocycles. The van der Waals surface area contributed by atoms with Crippen LogP contribution in [0.1, 0.15) is 21.6 Å². The van der Waals surface area contributed by atoms with Crippen LogP contribution >= 0.6 is 11.3 Å². The van der Waals surface area contributed by atoms with Crippen molar-refractivity contribution in [2.45, 2.75) is 19.1 Å². The molecule has 0 radical (unpaired) electrons. The number of aromatic nitrogens is 2. The second kappa shape index (κ2) is 8.39. The number of ketones is 1. The third-order valence-corrected chi connectivity index (χ3v) is 4.51. The van der Waals surface area contributed by atoms with Gasteiger partial charge in [0, 0.05) is 29.8 Å². The van der Waals surface area contributed by atoms with Gasteiger partial charge in [0.15, 0.2) is 5.78 Å². The highest BCUT2D eigenvalue weighted by molar-refractivity contribution is 7.07. The van der Waals surface area contributed by atoms with Gasteiger partial charge in [-0.3, -0.25) is 14.4 Å². The van der Waals surface area contributed by atoms with Crippen LogP contribution in [0.2, 0.25) is 0 Å². The molecule has 0 unspecified atom stereocenters. The van der Waals surface area contributed by atoms with Crippen molar-refractivity contribution in [3.8, 4) is 0 Å². The van der Waals surface area contributed by atoms with E-state index in [2.05, 4.69) is 10.3 Å². The molecule has 6 nitrogen and oxygen atoms in total. The normalized spacial score (nSPS) is 11.3. The maximum atomic E-state index is 12.8. The number of benzene rings is 1. The van der Waals surface area contributed by atoms with E-state index < -0.39 is 29.0 Å². The molecule has 0 saturated carbocycles. The molecule has 1 N–H and O–H groups in total. The summed E-state index contributed by atoms with van der Waals surface area (Å²) in [6.07, 6.45) is -3.39. The molecule has 0 spiro atoms. The van der Waals surface area contributed by atoms with Gasteiger partial charge in [-0.05, 0) is 17.7 Å². The second-order valence-electron chi connectivity index (χ2n) is 6.12. The number of amides is 1. The van der Waals surface area contributed by atoms with E-state index in [4.69, 9.17) is 0 Å². The fourth-order valence-corrected chi connectivity index (χ4v) is 3.10. The molecule has 0 fully saturated rings. The Morgan fingerprint density at radius 2 is 1.97 bits per heavy atom. The number of nitrogens with one attached hydrogen (secondary N) is 1. The number of hydrogen-bond acceptors (Lipinski definition) is 5. The Bertz CT molecular complexity index is 1090. The Kier molecular flexibility index (Phi) is 5.92. The Balaban J connectivity index is 1.65. The van der Waals surface area contributed by atoms with Gasteiger partial charge in [-0.25, -0.2) is 4.98 Å². The zero-order valence-electron chi connectivity index (χ0n) is 14.8. The SMILES string of the molecule is O=C(Cc1cccc(C(F)(F)F)c1)Cn1ccc(NC(=O)c2cscn2)cc1=O. The molecule has 0 bridgehead atoms. The number of anilines is 1. The average molecular weight is 421 g/mol. The van der Waals surface area contributed by atoms with Crippen LogP contribution in [0.15, 0.2) is 58.3 Å². The maximum absolute atomic E-state index is 12.8. The molecule has 0 aliphatic carbocycles. The smallest absolute Gasteiger partial charge is 0.320 e. The van der Waals surface area contributed by atoms with Gasteiger partial charge in [-0.15, -0.1) is 11.3 Å². The molecule has 0 aliphatic rings. The lowest BCUT2D eigenvalue weighted by Gasteiger charge is -2.09. The highest BCUT2D eigenvalue weighted by Gasteiger charge is 2.30. The predicted molar refractivity (Wildman–Crippen MR) is 101 cm³/mol. The second-order valence-corrected chi connectivity index (χ2v) is 6.84. The summed E-state index contributed by atoms with van der Waals surface area (Å²) >= 11 is 1.26. The van der Waals surface area contributed by atoms with Crippen molar-refractivity contribution in [1.29, 1.82) is 0 Å². The molecule has 1 amide bonds. The molecule has 150 valence electrons. The third-order valence-electron chi connectivity index (χ3n) is 3.92. The van der Waals surface area contributed by atoms with Crippen LogP contribution in [0.3, 0.4) is 0 Å². The first-order chi connectivity index (χ1) is 13.7. The Morgan fingerprint density at radius 3 is 2.62 bits per heavy atom. The van der Waals surface area contributed by atoms with Crippen molar-refractivity contribution in [2.75, 3.05) is 5.32 Å². The van der Waals surface area contributed by atoms with Crippen molar-refractivity contribution in [2.24, 2.45) is 0 Å². The van der Waals surface area contributed by atoms with E-state index in [1.165, 1.54) is 41.2 Å². The Labute approximate surface area is 166 Å². The largest absolute Gasteiger partial charge is 0.416 e. The number of carbonyl (C=O) groups excluding carboxylic acids is 2. The molecule has 3 aromatic rings. The van der Waals surface area contributed by atoms with Crippen molar-refractivity contribution in [1.82, 2.24) is 9.55 Å². The highest BCUT2D eigenvalue weighted by atomic mass is 32.1. The molecular weight excluding hydrogens is 407 g/mol. The minimum absolute atomic E-state index is 0.213. The monoisotopic (exact) mass is 421 g/mol. The lowest BCUT2D eigenvalue weighted by molar-refractivity contribution is -0.137. The van der Waals surface area contributed by atoms with Crippen molar-refractivity contribution < 1.29 is 22.8 Å². The van der Waals surface area contributed by atoms with Crippen LogP contribution in [0.5, 0.6) is 0 Å². The van der Waals surface area contributed by atoms with Gasteiger partial charge >= 0.3 is 6.18 Å². The summed E-state index contributed by atoms with van der Waals surface area (Å²) in [6.45, 7) is -0.296. The first kappa shape index (κ1) is 20.5. The molecule has 2 aromatic heterocycles. The first-order valence-corrected chi connectivity index (χ1v) is 9.24. The van der Waals surface area contributed by atoms with Crippen LogP contribution in [0.25, 0.3) is 0 Å². The summed E-state index contributed by atoms with van der Waals surface area (Å²) in [5.41, 5.74) is 0.816. The topological polar surface area (TPSA) is 81.1 Å². The number of hydrogen-bond donors (Lipinski definition) is 1. The maximum Gasteiger partial charge on any atom is 0.416 e. The van der Waals surface area contributed by atoms with E-state index in [1.807, 2.05) is 0 Å². The van der Waals surface area contributed by atoms with Gasteiger partial charge < -0.3 is 9.88 Å². The summed E-state index contributed by atoms with van der Waals surface area (Å²) in [5.74, 6) is -0.894. The van der Waals surface area contributed by atoms with Crippen molar-refractivity contribution >= 4 is 28.7 Å². The fourth-order valence-electron chi connectivity index (χ4n) is 2.57. The molecule has 0 aliphatic heterocycles. The minimum atomic E-state index is -4.49. The first-order valence-electron chi connectivity index (χ1n) is 8.30. The number of rotatable bonds is 6. The minimum Gasteiger partial charge on any atom is -0.320 e. The van der Waals surface area contributed by atoms with E-state index >= 15 is 0 Å². The zero-order valence-corrected chi connectivity index (χ0v) is 15.6. The summed E-state index contributed by atoms with van der Waals surface area (Å²) in [7, 11) is 0. The van der Waals surface area contributed by atoms with E-state index in [0.29, 0.717) is 0 Å². The Hall–Kier alpha value is -3.27. The van der Waals surface area contributed by atoms with Crippen LogP contribution in [-0.4, -0.2) is 21.2 Å². The molecular formula is C19H14F3N3O3S. The number of pyridine rings is 1. The molecule has 0 atom stereocenters. The van der Waals surface area contributed by atoms with Crippen LogP contribution in [-0.2, 0) is 23.9 Å². The van der Waals surface area contributed by atoms with Crippen LogP contribution in [0.4, 0.5) is 18.9 Å². The van der Waals surface area contributed by atoms with Crippen molar-refractivity contribution in [3.05, 3.63) is 80.7 Å². The number of alkyl halides is 3. The number of carbonyl (C=O) groups is 2. The van der Waals surface area contributed by atoms with Gasteiger partial charge in [0.1, 0.15) is 5.69 Å². The summed E-state index contributed by atoms with van der Waals surface area (Å²) in [4.78, 5) is 40.2. The van der Waals surface area contributed by atoms with E-state index in [9.17, 15) is 27.6 Å². The van der Waals surface area contributed by atoms with E-state index in [0.717, 1.165) is 22.8 Å². The summed E-state index contributed by atoms with van der Waals surface area (Å²) in [5, 5.41) is 4.08. The predicted octanol–water partition coefficient (Wildman–Crippen LogP) is 3.39. The van der Waals surface area contributed by atoms with Gasteiger partial charge in [0.05, 0.1) is 17.6 Å². The van der Waals surface area contributed by atoms with E-state index in [-0.39, 0.29) is 29.9 Å². The van der Waals surface area contributed by atoms with Crippen LogP contribution in [0, 0.1) is 0 Å². The lowest BCUT2D eigenvalue weighted by atomic mass is 10.1. The highest BCUT2D eigenvalue weighted by Crippen LogP contribution is 2.29. The van der Waals surface area contributed by atoms with Gasteiger partial charge in [-0.1, -0.05) is 18.2 Å². The van der Waals surface area contributed by atoms with E-state index in [1.54, 1.807) is 5.38 Å². The number of nitrogens with zero attached hydrogens (tertiary/aromatic N) is 2. The van der Waals surface area contributed by atoms with Gasteiger partial charge in [0.25, 0.3) is 11.5 Å². The molecule has 1 aromatic carbocycles. The summed E-state index contributed by atoms with van der Waals surface area (Å²) in [6, 6.07) is 7.10. The fraction of sp³-hybridized carbons (Fsp3) is 0.158. The standard InChI is InChI=1S/C19H14F3N3O3S/c20-19(21,22)13-3-1-2-12(6-13)7-15(26)9-25-5-4-14(8-17(25)27)24-18(28)16-10-29-11-23-16/h1-6,8,10-11H,7,9H2,(H,24,28). The number of halogens is 3. The molecule has 2 heterocycles. The van der Waals surface area contributed by atoms with Gasteiger partial charge in [0.2, 0.25) is 0 Å². The zero-order chi connectivity index (χ0) is 21.0. The Morgan fingerprint density at radius 1 is 1.17 bits per heavy atom. The van der Waals surface area contributed by atoms with Crippen LogP contribution < -0.4 is 10.9 Å². The van der Waals surface area contributed by atoms with Crippen molar-refractivity contribution in [3.63, 3.8) is 0 Å². The summed E-state index contributed by atoms with van der Waals surface area (Å²) < 4.78 is 39.4.